The lowest BCUT2D eigenvalue weighted by Gasteiger charge is -2.36. The maximum absolute atomic E-state index is 13.6. The van der Waals surface area contributed by atoms with Crippen LogP contribution in [0.5, 0.6) is 11.5 Å². The topological polar surface area (TPSA) is 112 Å². The number of hydrogen-bond acceptors (Lipinski definition) is 5. The Morgan fingerprint density at radius 3 is 1.58 bits per heavy atom. The molecule has 0 aliphatic heterocycles. The Kier molecular flexibility index (Phi) is 10.0. The molecule has 0 heterocycles. The molecule has 0 saturated carbocycles. The molecule has 3 aliphatic rings. The van der Waals surface area contributed by atoms with Crippen LogP contribution in [0.1, 0.15) is 141 Å². The lowest BCUT2D eigenvalue weighted by molar-refractivity contribution is 0.104. The van der Waals surface area contributed by atoms with Crippen LogP contribution in [0.4, 0.5) is 0 Å². The van der Waals surface area contributed by atoms with Crippen molar-refractivity contribution in [2.24, 2.45) is 0 Å². The van der Waals surface area contributed by atoms with Crippen molar-refractivity contribution in [2.45, 2.75) is 122 Å². The van der Waals surface area contributed by atoms with E-state index in [2.05, 4.69) is 76.2 Å². The van der Waals surface area contributed by atoms with E-state index in [1.165, 1.54) is 22.3 Å². The molecule has 6 nitrogen and oxygen atoms in total. The van der Waals surface area contributed by atoms with Gasteiger partial charge in [-0.1, -0.05) is 89.3 Å². The summed E-state index contributed by atoms with van der Waals surface area (Å²) in [6, 6.07) is 21.0. The molecule has 0 radical (unpaired) electrons. The second kappa shape index (κ2) is 13.8. The van der Waals surface area contributed by atoms with Crippen LogP contribution in [0.15, 0.2) is 60.7 Å². The predicted octanol–water partition coefficient (Wildman–Crippen LogP) is 10.9. The lowest BCUT2D eigenvalue weighted by Crippen LogP contribution is -2.31. The number of carbonyl (C=O) groups excluding carboxylic acids is 1. The molecular formula is C45H54O6S. The molecule has 3 aliphatic carbocycles. The van der Waals surface area contributed by atoms with Gasteiger partial charge in [0.2, 0.25) is 0 Å². The fourth-order valence-corrected chi connectivity index (χ4v) is 10.5. The Bertz CT molecular complexity index is 2140. The molecule has 7 rings (SSSR count). The molecule has 7 heteroatoms. The fourth-order valence-electron chi connectivity index (χ4n) is 10.5. The van der Waals surface area contributed by atoms with Crippen LogP contribution >= 0.6 is 0 Å². The minimum Gasteiger partial charge on any atom is -0.508 e. The zero-order chi connectivity index (χ0) is 37.8. The first-order valence-corrected chi connectivity index (χ1v) is 20.9. The molecule has 0 fully saturated rings. The number of carbonyl (C=O) groups is 1. The first-order valence-electron chi connectivity index (χ1n) is 19.0. The maximum atomic E-state index is 13.6. The Labute approximate surface area is 310 Å². The van der Waals surface area contributed by atoms with Crippen LogP contribution in [-0.2, 0) is 26.4 Å². The molecule has 0 aromatic heterocycles. The summed E-state index contributed by atoms with van der Waals surface area (Å²) in [5.74, 6) is 0.705. The van der Waals surface area contributed by atoms with E-state index in [4.69, 9.17) is 4.55 Å². The minimum absolute atomic E-state index is 0.0339. The Morgan fingerprint density at radius 2 is 1.06 bits per heavy atom. The maximum Gasteiger partial charge on any atom is 0.261 e. The van der Waals surface area contributed by atoms with E-state index in [1.54, 1.807) is 0 Å². The molecule has 4 aromatic carbocycles. The average molecular weight is 723 g/mol. The first kappa shape index (κ1) is 37.8. The van der Waals surface area contributed by atoms with Crippen LogP contribution in [0.25, 0.3) is 22.3 Å². The zero-order valence-corrected chi connectivity index (χ0v) is 32.6. The summed E-state index contributed by atoms with van der Waals surface area (Å²) in [7, 11) is -3.67. The number of aryl methyl sites for hydroxylation is 2. The highest BCUT2D eigenvalue weighted by atomic mass is 32.2. The van der Waals surface area contributed by atoms with Crippen molar-refractivity contribution in [2.75, 3.05) is 6.26 Å². The number of aromatic hydroxyl groups is 2. The average Bonchev–Trinajstić information content (AvgIpc) is 3.59. The van der Waals surface area contributed by atoms with Crippen LogP contribution < -0.4 is 0 Å². The monoisotopic (exact) mass is 722 g/mol. The van der Waals surface area contributed by atoms with Gasteiger partial charge in [-0.25, -0.2) is 0 Å². The first-order chi connectivity index (χ1) is 24.6. The molecule has 52 heavy (non-hydrogen) atoms. The molecule has 1 atom stereocenters. The van der Waals surface area contributed by atoms with E-state index in [9.17, 15) is 23.4 Å². The summed E-state index contributed by atoms with van der Waals surface area (Å²) in [6.07, 6.45) is 11.5. The number of rotatable bonds is 9. The highest BCUT2D eigenvalue weighted by molar-refractivity contribution is 7.85. The van der Waals surface area contributed by atoms with Crippen LogP contribution in [0, 0.1) is 13.8 Å². The normalized spacial score (nSPS) is 18.8. The van der Waals surface area contributed by atoms with Gasteiger partial charge in [0.05, 0.1) is 6.26 Å². The number of hydrogen-bond donors (Lipinski definition) is 3. The van der Waals surface area contributed by atoms with Crippen molar-refractivity contribution in [1.82, 2.24) is 0 Å². The van der Waals surface area contributed by atoms with Crippen molar-refractivity contribution < 1.29 is 28.0 Å². The molecule has 0 amide bonds. The van der Waals surface area contributed by atoms with Gasteiger partial charge in [-0.2, -0.15) is 8.42 Å². The van der Waals surface area contributed by atoms with Crippen molar-refractivity contribution in [3.05, 3.63) is 105 Å². The smallest absolute Gasteiger partial charge is 0.261 e. The molecular weight excluding hydrogens is 669 g/mol. The number of phenols is 2. The summed E-state index contributed by atoms with van der Waals surface area (Å²) >= 11 is 0. The number of ketones is 1. The lowest BCUT2D eigenvalue weighted by atomic mass is 9.67. The molecule has 3 N–H and O–H groups in total. The number of benzene rings is 4. The van der Waals surface area contributed by atoms with E-state index >= 15 is 0 Å². The van der Waals surface area contributed by atoms with Gasteiger partial charge in [0.1, 0.15) is 11.5 Å². The largest absolute Gasteiger partial charge is 0.508 e. The van der Waals surface area contributed by atoms with E-state index in [0.717, 1.165) is 103 Å². The van der Waals surface area contributed by atoms with Gasteiger partial charge < -0.3 is 10.2 Å². The molecule has 0 bridgehead atoms. The van der Waals surface area contributed by atoms with E-state index in [0.29, 0.717) is 17.6 Å². The van der Waals surface area contributed by atoms with Gasteiger partial charge in [-0.15, -0.1) is 0 Å². The van der Waals surface area contributed by atoms with Crippen molar-refractivity contribution >= 4 is 15.9 Å². The molecule has 0 saturated heterocycles. The number of phenolic OH excluding ortho intramolecular Hbond substituents is 2. The summed E-state index contributed by atoms with van der Waals surface area (Å²) in [5.41, 5.74) is 12.2. The molecule has 1 spiro atoms. The van der Waals surface area contributed by atoms with Crippen molar-refractivity contribution in [3.8, 4) is 33.8 Å². The molecule has 4 aromatic rings. The SMILES string of the molecule is CCCC1(CCC)CC2(CC(CCC)(CCC)c3cc(-c4ccc5c(c4)C(=O)c4cc(C)ccc4-5)c(O)cc32)c2cc(O)c(C)cc21.CS(=O)(=O)O. The summed E-state index contributed by atoms with van der Waals surface area (Å²) < 4.78 is 25.9. The summed E-state index contributed by atoms with van der Waals surface area (Å²) in [6.45, 7) is 13.3. The third-order valence-electron chi connectivity index (χ3n) is 12.1. The third kappa shape index (κ3) is 6.28. The van der Waals surface area contributed by atoms with Crippen molar-refractivity contribution in [1.29, 1.82) is 0 Å². The predicted molar refractivity (Wildman–Crippen MR) is 210 cm³/mol. The highest BCUT2D eigenvalue weighted by Gasteiger charge is 2.60. The minimum atomic E-state index is -3.67. The van der Waals surface area contributed by atoms with Gasteiger partial charge in [0.15, 0.2) is 5.78 Å². The van der Waals surface area contributed by atoms with E-state index in [1.807, 2.05) is 26.0 Å². The van der Waals surface area contributed by atoms with Crippen molar-refractivity contribution in [3.63, 3.8) is 0 Å². The quantitative estimate of drug-likeness (QED) is 0.131. The van der Waals surface area contributed by atoms with Gasteiger partial charge in [0.25, 0.3) is 10.1 Å². The second-order valence-corrected chi connectivity index (χ2v) is 17.4. The van der Waals surface area contributed by atoms with Gasteiger partial charge >= 0.3 is 0 Å². The summed E-state index contributed by atoms with van der Waals surface area (Å²) in [4.78, 5) is 13.6. The Balaban J connectivity index is 0.000000870. The summed E-state index contributed by atoms with van der Waals surface area (Å²) in [5, 5.41) is 23.2. The second-order valence-electron chi connectivity index (χ2n) is 16.0. The van der Waals surface area contributed by atoms with Gasteiger partial charge in [-0.05, 0) is 138 Å². The standard InChI is InChI=1S/C44H50O3.CH4O3S/c1-7-15-42(16-8-2)25-44(37-23-39(45)28(6)20-35(37)42)26-43(17-9-3,18-10-4)36-22-32(40(46)24-38(36)44)29-12-14-31-30-13-11-27(5)19-33(30)41(47)34(31)21-29;1-5(2,3)4/h11-14,19-24,45-46H,7-10,15-18,25-26H2,1-6H3;1H3,(H,2,3,4). The number of fused-ring (bicyclic) bond motifs is 7. The highest BCUT2D eigenvalue weighted by Crippen LogP contribution is 2.67. The van der Waals surface area contributed by atoms with E-state index < -0.39 is 10.1 Å². The Hall–Kier alpha value is -3.94. The van der Waals surface area contributed by atoms with Crippen LogP contribution in [0.3, 0.4) is 0 Å². The zero-order valence-electron chi connectivity index (χ0n) is 31.8. The Morgan fingerprint density at radius 1 is 0.596 bits per heavy atom. The fraction of sp³-hybridized carbons (Fsp3) is 0.444. The van der Waals surface area contributed by atoms with Crippen LogP contribution in [-0.4, -0.2) is 35.2 Å². The van der Waals surface area contributed by atoms with Gasteiger partial charge in [-0.3, -0.25) is 9.35 Å². The molecule has 1 unspecified atom stereocenters. The molecule has 276 valence electrons. The van der Waals surface area contributed by atoms with Gasteiger partial charge in [0, 0.05) is 22.1 Å². The third-order valence-corrected chi connectivity index (χ3v) is 12.1. The van der Waals surface area contributed by atoms with E-state index in [-0.39, 0.29) is 27.8 Å². The van der Waals surface area contributed by atoms with Crippen LogP contribution in [0.2, 0.25) is 0 Å².